The molecule has 0 bridgehead atoms. The summed E-state index contributed by atoms with van der Waals surface area (Å²) < 4.78 is 0. The molecule has 4 nitrogen and oxygen atoms in total. The lowest BCUT2D eigenvalue weighted by molar-refractivity contribution is 0.0674. The van der Waals surface area contributed by atoms with E-state index in [1.54, 1.807) is 6.20 Å². The van der Waals surface area contributed by atoms with Crippen molar-refractivity contribution in [3.63, 3.8) is 0 Å². The number of hydrogen-bond acceptors (Lipinski definition) is 3. The maximum absolute atomic E-state index is 13.0. The predicted molar refractivity (Wildman–Crippen MR) is 108 cm³/mol. The number of carbonyl (C=O) groups is 1. The molecule has 3 heterocycles. The van der Waals surface area contributed by atoms with Crippen molar-refractivity contribution in [3.05, 3.63) is 65.0 Å². The van der Waals surface area contributed by atoms with Crippen molar-refractivity contribution in [1.82, 2.24) is 14.8 Å². The number of hydrogen-bond donors (Lipinski definition) is 0. The van der Waals surface area contributed by atoms with E-state index in [1.807, 2.05) is 19.1 Å². The van der Waals surface area contributed by atoms with E-state index in [1.165, 1.54) is 24.0 Å². The summed E-state index contributed by atoms with van der Waals surface area (Å²) in [5.41, 5.74) is 4.55. The number of carbonyl (C=O) groups excluding carboxylic acids is 1. The molecular formula is C23H29N3O. The molecular weight excluding hydrogens is 334 g/mol. The number of rotatable bonds is 3. The van der Waals surface area contributed by atoms with Gasteiger partial charge in [-0.05, 0) is 57.4 Å². The third kappa shape index (κ3) is 3.91. The van der Waals surface area contributed by atoms with Gasteiger partial charge in [-0.2, -0.15) is 0 Å². The Hall–Kier alpha value is -2.20. The number of pyridine rings is 1. The summed E-state index contributed by atoms with van der Waals surface area (Å²) in [5.74, 6) is 0.147. The van der Waals surface area contributed by atoms with Crippen LogP contribution in [-0.2, 0) is 6.54 Å². The van der Waals surface area contributed by atoms with Gasteiger partial charge < -0.3 is 4.90 Å². The number of amides is 1. The van der Waals surface area contributed by atoms with Gasteiger partial charge in [-0.25, -0.2) is 0 Å². The lowest BCUT2D eigenvalue weighted by Gasteiger charge is -2.40. The van der Waals surface area contributed by atoms with Crippen LogP contribution in [0.1, 0.15) is 46.4 Å². The highest BCUT2D eigenvalue weighted by atomic mass is 16.2. The average Bonchev–Trinajstić information content (AvgIpc) is 3.05. The quantitative estimate of drug-likeness (QED) is 0.832. The summed E-state index contributed by atoms with van der Waals surface area (Å²) >= 11 is 0. The molecule has 142 valence electrons. The Morgan fingerprint density at radius 1 is 1.11 bits per heavy atom. The van der Waals surface area contributed by atoms with Gasteiger partial charge in [0.2, 0.25) is 0 Å². The summed E-state index contributed by atoms with van der Waals surface area (Å²) in [7, 11) is 0. The summed E-state index contributed by atoms with van der Waals surface area (Å²) in [6.45, 7) is 9.09. The molecule has 1 atom stereocenters. The first-order valence-corrected chi connectivity index (χ1v) is 10.0. The first-order valence-electron chi connectivity index (χ1n) is 10.0. The summed E-state index contributed by atoms with van der Waals surface area (Å²) in [4.78, 5) is 21.9. The topological polar surface area (TPSA) is 36.4 Å². The number of nitrogens with zero attached hydrogens (tertiary/aromatic N) is 3. The zero-order valence-corrected chi connectivity index (χ0v) is 16.4. The maximum Gasteiger partial charge on any atom is 0.255 e. The normalized spacial score (nSPS) is 23.1. The van der Waals surface area contributed by atoms with Crippen molar-refractivity contribution in [1.29, 1.82) is 0 Å². The molecule has 27 heavy (non-hydrogen) atoms. The lowest BCUT2D eigenvalue weighted by atomic mass is 9.79. The smallest absolute Gasteiger partial charge is 0.255 e. The molecule has 2 fully saturated rings. The minimum Gasteiger partial charge on any atom is -0.338 e. The highest BCUT2D eigenvalue weighted by Crippen LogP contribution is 2.39. The molecule has 2 aliphatic rings. The maximum atomic E-state index is 13.0. The van der Waals surface area contributed by atoms with Crippen molar-refractivity contribution < 1.29 is 4.79 Å². The number of benzene rings is 1. The third-order valence-electron chi connectivity index (χ3n) is 6.19. The van der Waals surface area contributed by atoms with E-state index in [-0.39, 0.29) is 11.3 Å². The second-order valence-electron chi connectivity index (χ2n) is 8.42. The van der Waals surface area contributed by atoms with E-state index in [0.717, 1.165) is 50.4 Å². The molecule has 1 spiro atoms. The molecule has 1 aromatic heterocycles. The zero-order chi connectivity index (χ0) is 18.9. The van der Waals surface area contributed by atoms with Crippen LogP contribution in [0.25, 0.3) is 0 Å². The van der Waals surface area contributed by atoms with Crippen LogP contribution in [-0.4, -0.2) is 46.9 Å². The molecule has 1 amide bonds. The number of likely N-dealkylation sites (tertiary alicyclic amines) is 2. The Kier molecular flexibility index (Phi) is 5.00. The first kappa shape index (κ1) is 18.2. The minimum atomic E-state index is 0.147. The van der Waals surface area contributed by atoms with Gasteiger partial charge in [-0.1, -0.05) is 29.8 Å². The van der Waals surface area contributed by atoms with Crippen LogP contribution in [0.3, 0.4) is 0 Å². The van der Waals surface area contributed by atoms with E-state index in [2.05, 4.69) is 46.0 Å². The van der Waals surface area contributed by atoms with Gasteiger partial charge in [0, 0.05) is 43.5 Å². The zero-order valence-electron chi connectivity index (χ0n) is 16.4. The molecule has 0 aliphatic carbocycles. The van der Waals surface area contributed by atoms with Crippen LogP contribution in [0.5, 0.6) is 0 Å². The molecule has 2 aromatic rings. The Labute approximate surface area is 162 Å². The van der Waals surface area contributed by atoms with E-state index in [9.17, 15) is 4.79 Å². The molecule has 2 aliphatic heterocycles. The SMILES string of the molecule is Cc1cccc(CN2CCC[C@]3(CCN(C(=O)c4cccnc4C)C3)C2)c1. The fourth-order valence-corrected chi connectivity index (χ4v) is 4.84. The van der Waals surface area contributed by atoms with E-state index >= 15 is 0 Å². The molecule has 0 radical (unpaired) electrons. The van der Waals surface area contributed by atoms with Crippen molar-refractivity contribution in [3.8, 4) is 0 Å². The molecule has 0 unspecified atom stereocenters. The van der Waals surface area contributed by atoms with Crippen molar-refractivity contribution in [2.45, 2.75) is 39.7 Å². The van der Waals surface area contributed by atoms with Gasteiger partial charge in [-0.15, -0.1) is 0 Å². The van der Waals surface area contributed by atoms with Gasteiger partial charge in [0.25, 0.3) is 5.91 Å². The van der Waals surface area contributed by atoms with E-state index < -0.39 is 0 Å². The minimum absolute atomic E-state index is 0.147. The Balaban J connectivity index is 1.43. The Bertz CT molecular complexity index is 834. The highest BCUT2D eigenvalue weighted by molar-refractivity contribution is 5.95. The van der Waals surface area contributed by atoms with Gasteiger partial charge in [0.1, 0.15) is 0 Å². The second kappa shape index (κ2) is 7.43. The number of aromatic nitrogens is 1. The van der Waals surface area contributed by atoms with Crippen molar-refractivity contribution in [2.24, 2.45) is 5.41 Å². The summed E-state index contributed by atoms with van der Waals surface area (Å²) in [5, 5.41) is 0. The Morgan fingerprint density at radius 3 is 2.81 bits per heavy atom. The largest absolute Gasteiger partial charge is 0.338 e. The summed E-state index contributed by atoms with van der Waals surface area (Å²) in [6, 6.07) is 12.6. The Morgan fingerprint density at radius 2 is 2.00 bits per heavy atom. The lowest BCUT2D eigenvalue weighted by Crippen LogP contribution is -2.45. The number of piperidine rings is 1. The van der Waals surface area contributed by atoms with Crippen LogP contribution in [0.4, 0.5) is 0 Å². The third-order valence-corrected chi connectivity index (χ3v) is 6.19. The highest BCUT2D eigenvalue weighted by Gasteiger charge is 2.43. The summed E-state index contributed by atoms with van der Waals surface area (Å²) in [6.07, 6.45) is 5.32. The fourth-order valence-electron chi connectivity index (χ4n) is 4.84. The van der Waals surface area contributed by atoms with Crippen LogP contribution in [0.2, 0.25) is 0 Å². The molecule has 1 aromatic carbocycles. The molecule has 2 saturated heterocycles. The van der Waals surface area contributed by atoms with Crippen LogP contribution in [0.15, 0.2) is 42.6 Å². The van der Waals surface area contributed by atoms with Crippen LogP contribution < -0.4 is 0 Å². The monoisotopic (exact) mass is 363 g/mol. The van der Waals surface area contributed by atoms with E-state index in [0.29, 0.717) is 0 Å². The molecule has 0 N–H and O–H groups in total. The molecule has 4 heteroatoms. The standard InChI is InChI=1S/C23H29N3O/c1-18-6-3-7-20(14-18)15-25-12-5-9-23(16-25)10-13-26(17-23)22(27)21-8-4-11-24-19(21)2/h3-4,6-8,11,14H,5,9-10,12-13,15-17H2,1-2H3/t23-/m0/s1. The van der Waals surface area contributed by atoms with Gasteiger partial charge in [0.05, 0.1) is 5.56 Å². The number of aryl methyl sites for hydroxylation is 2. The van der Waals surface area contributed by atoms with Gasteiger partial charge in [0.15, 0.2) is 0 Å². The van der Waals surface area contributed by atoms with Crippen LogP contribution >= 0.6 is 0 Å². The van der Waals surface area contributed by atoms with Gasteiger partial charge >= 0.3 is 0 Å². The van der Waals surface area contributed by atoms with Crippen molar-refractivity contribution in [2.75, 3.05) is 26.2 Å². The van der Waals surface area contributed by atoms with E-state index in [4.69, 9.17) is 0 Å². The van der Waals surface area contributed by atoms with Crippen molar-refractivity contribution >= 4 is 5.91 Å². The molecule has 0 saturated carbocycles. The van der Waals surface area contributed by atoms with Crippen LogP contribution in [0, 0.1) is 19.3 Å². The predicted octanol–water partition coefficient (Wildman–Crippen LogP) is 3.83. The second-order valence-corrected chi connectivity index (χ2v) is 8.42. The first-order chi connectivity index (χ1) is 13.0. The fraction of sp³-hybridized carbons (Fsp3) is 0.478. The van der Waals surface area contributed by atoms with Gasteiger partial charge in [-0.3, -0.25) is 14.7 Å². The molecule has 4 rings (SSSR count). The average molecular weight is 364 g/mol.